The number of carboxylic acid groups (broad SMARTS) is 1. The SMILES string of the molecule is Cc1oc(C(=O)[O-])c(S(=O)(=O)N2CC[NH2+]CC2)c1C. The second-order valence-electron chi connectivity index (χ2n) is 4.50. The summed E-state index contributed by atoms with van der Waals surface area (Å²) in [6, 6.07) is 0. The van der Waals surface area contributed by atoms with E-state index in [1.54, 1.807) is 0 Å². The summed E-state index contributed by atoms with van der Waals surface area (Å²) in [6.07, 6.45) is 0. The molecule has 0 aromatic carbocycles. The Balaban J connectivity index is 2.53. The number of sulfonamides is 1. The minimum atomic E-state index is -3.85. The smallest absolute Gasteiger partial charge is 0.247 e. The van der Waals surface area contributed by atoms with Gasteiger partial charge in [0, 0.05) is 5.56 Å². The molecule has 1 aliphatic rings. The van der Waals surface area contributed by atoms with Crippen molar-refractivity contribution < 1.29 is 28.1 Å². The predicted octanol–water partition coefficient (Wildman–Crippen LogP) is -2.17. The molecule has 1 fully saturated rings. The first kappa shape index (κ1) is 14.0. The molecule has 1 aliphatic heterocycles. The van der Waals surface area contributed by atoms with E-state index in [4.69, 9.17) is 4.42 Å². The molecule has 19 heavy (non-hydrogen) atoms. The van der Waals surface area contributed by atoms with Crippen LogP contribution in [0.2, 0.25) is 0 Å². The molecule has 8 heteroatoms. The van der Waals surface area contributed by atoms with Gasteiger partial charge in [0.25, 0.3) is 0 Å². The minimum Gasteiger partial charge on any atom is -0.541 e. The lowest BCUT2D eigenvalue weighted by molar-refractivity contribution is -0.661. The van der Waals surface area contributed by atoms with E-state index >= 15 is 0 Å². The molecular formula is C11H16N2O5S. The van der Waals surface area contributed by atoms with Crippen molar-refractivity contribution in [2.45, 2.75) is 18.7 Å². The third-order valence-electron chi connectivity index (χ3n) is 3.28. The van der Waals surface area contributed by atoms with E-state index in [2.05, 4.69) is 0 Å². The third kappa shape index (κ3) is 2.38. The summed E-state index contributed by atoms with van der Waals surface area (Å²) in [5, 5.41) is 13.0. The highest BCUT2D eigenvalue weighted by Crippen LogP contribution is 2.28. The zero-order valence-corrected chi connectivity index (χ0v) is 11.6. The van der Waals surface area contributed by atoms with Crippen molar-refractivity contribution in [1.82, 2.24) is 4.31 Å². The number of carboxylic acids is 1. The molecule has 2 rings (SSSR count). The second kappa shape index (κ2) is 4.95. The number of aromatic carboxylic acids is 1. The van der Waals surface area contributed by atoms with Crippen LogP contribution >= 0.6 is 0 Å². The lowest BCUT2D eigenvalue weighted by atomic mass is 10.3. The van der Waals surface area contributed by atoms with Gasteiger partial charge in [-0.1, -0.05) is 0 Å². The molecule has 0 radical (unpaired) electrons. The van der Waals surface area contributed by atoms with E-state index in [0.717, 1.165) is 0 Å². The van der Waals surface area contributed by atoms with Crippen molar-refractivity contribution in [3.63, 3.8) is 0 Å². The van der Waals surface area contributed by atoms with E-state index < -0.39 is 21.8 Å². The lowest BCUT2D eigenvalue weighted by Crippen LogP contribution is -2.89. The fourth-order valence-electron chi connectivity index (χ4n) is 2.15. The fourth-order valence-corrected chi connectivity index (χ4v) is 3.99. The summed E-state index contributed by atoms with van der Waals surface area (Å²) in [4.78, 5) is 10.8. The number of carbonyl (C=O) groups excluding carboxylic acids is 1. The molecule has 2 heterocycles. The second-order valence-corrected chi connectivity index (χ2v) is 6.37. The standard InChI is InChI=1S/C11H16N2O5S/c1-7-8(2)18-9(11(14)15)10(7)19(16,17)13-5-3-12-4-6-13/h12H,3-6H2,1-2H3,(H,14,15). The van der Waals surface area contributed by atoms with E-state index in [1.807, 2.05) is 5.32 Å². The first-order chi connectivity index (χ1) is 8.85. The zero-order valence-electron chi connectivity index (χ0n) is 10.8. The molecule has 2 N–H and O–H groups in total. The largest absolute Gasteiger partial charge is 0.541 e. The van der Waals surface area contributed by atoms with E-state index in [0.29, 0.717) is 31.7 Å². The summed E-state index contributed by atoms with van der Waals surface area (Å²) in [6.45, 7) is 5.11. The number of nitrogens with two attached hydrogens (primary N) is 1. The van der Waals surface area contributed by atoms with Gasteiger partial charge in [0.05, 0.1) is 26.2 Å². The third-order valence-corrected chi connectivity index (χ3v) is 5.33. The molecule has 0 atom stereocenters. The van der Waals surface area contributed by atoms with Crippen LogP contribution in [0.5, 0.6) is 0 Å². The molecule has 1 aromatic heterocycles. The summed E-state index contributed by atoms with van der Waals surface area (Å²) in [7, 11) is -3.85. The van der Waals surface area contributed by atoms with Gasteiger partial charge < -0.3 is 19.6 Å². The minimum absolute atomic E-state index is 0.271. The molecule has 0 bridgehead atoms. The van der Waals surface area contributed by atoms with Gasteiger partial charge in [-0.25, -0.2) is 8.42 Å². The number of hydrogen-bond donors (Lipinski definition) is 1. The Kier molecular flexibility index (Phi) is 3.66. The molecule has 0 aliphatic carbocycles. The summed E-state index contributed by atoms with van der Waals surface area (Å²) < 4.78 is 31.3. The number of nitrogens with zero attached hydrogens (tertiary/aromatic N) is 1. The Hall–Kier alpha value is -1.38. The first-order valence-electron chi connectivity index (χ1n) is 5.99. The number of rotatable bonds is 3. The topological polar surface area (TPSA) is 107 Å². The van der Waals surface area contributed by atoms with Gasteiger partial charge in [-0.3, -0.25) is 0 Å². The average Bonchev–Trinajstić information content (AvgIpc) is 2.68. The normalized spacial score (nSPS) is 17.6. The van der Waals surface area contributed by atoms with Gasteiger partial charge in [-0.05, 0) is 13.8 Å². The fraction of sp³-hybridized carbons (Fsp3) is 0.545. The maximum atomic E-state index is 12.5. The van der Waals surface area contributed by atoms with Crippen LogP contribution in [0.25, 0.3) is 0 Å². The number of quaternary nitrogens is 1. The van der Waals surface area contributed by atoms with Gasteiger partial charge >= 0.3 is 0 Å². The molecule has 0 saturated carbocycles. The maximum absolute atomic E-state index is 12.5. The summed E-state index contributed by atoms with van der Waals surface area (Å²) in [5.41, 5.74) is 0.328. The van der Waals surface area contributed by atoms with Crippen molar-refractivity contribution in [3.05, 3.63) is 17.1 Å². The van der Waals surface area contributed by atoms with Gasteiger partial charge in [-0.15, -0.1) is 0 Å². The lowest BCUT2D eigenvalue weighted by Gasteiger charge is -2.24. The molecule has 1 aromatic rings. The van der Waals surface area contributed by atoms with Crippen LogP contribution in [0.15, 0.2) is 9.31 Å². The van der Waals surface area contributed by atoms with Gasteiger partial charge in [0.1, 0.15) is 16.6 Å². The molecule has 0 unspecified atom stereocenters. The Bertz CT molecular complexity index is 599. The van der Waals surface area contributed by atoms with Gasteiger partial charge in [-0.2, -0.15) is 4.31 Å². The molecule has 1 saturated heterocycles. The highest BCUT2D eigenvalue weighted by atomic mass is 32.2. The van der Waals surface area contributed by atoms with Crippen LogP contribution in [-0.2, 0) is 10.0 Å². The molecule has 106 valence electrons. The van der Waals surface area contributed by atoms with Crippen molar-refractivity contribution in [3.8, 4) is 0 Å². The van der Waals surface area contributed by atoms with Crippen LogP contribution in [0.4, 0.5) is 0 Å². The van der Waals surface area contributed by atoms with Crippen molar-refractivity contribution >= 4 is 16.0 Å². The molecule has 7 nitrogen and oxygen atoms in total. The average molecular weight is 288 g/mol. The van der Waals surface area contributed by atoms with Crippen LogP contribution < -0.4 is 10.4 Å². The Morgan fingerprint density at radius 2 is 1.89 bits per heavy atom. The van der Waals surface area contributed by atoms with Crippen LogP contribution in [0.1, 0.15) is 21.9 Å². The van der Waals surface area contributed by atoms with E-state index in [9.17, 15) is 18.3 Å². The number of aryl methyl sites for hydroxylation is 1. The molecular weight excluding hydrogens is 272 g/mol. The van der Waals surface area contributed by atoms with Crippen molar-refractivity contribution in [2.24, 2.45) is 0 Å². The number of hydrogen-bond acceptors (Lipinski definition) is 5. The Morgan fingerprint density at radius 1 is 1.32 bits per heavy atom. The van der Waals surface area contributed by atoms with Crippen LogP contribution in [0.3, 0.4) is 0 Å². The monoisotopic (exact) mass is 288 g/mol. The Morgan fingerprint density at radius 3 is 2.42 bits per heavy atom. The van der Waals surface area contributed by atoms with Crippen LogP contribution in [0, 0.1) is 13.8 Å². The van der Waals surface area contributed by atoms with Crippen molar-refractivity contribution in [2.75, 3.05) is 26.2 Å². The maximum Gasteiger partial charge on any atom is 0.247 e. The number of piperazine rings is 1. The Labute approximate surface area is 111 Å². The first-order valence-corrected chi connectivity index (χ1v) is 7.43. The van der Waals surface area contributed by atoms with Crippen molar-refractivity contribution in [1.29, 1.82) is 0 Å². The molecule has 0 amide bonds. The number of carbonyl (C=O) groups is 1. The predicted molar refractivity (Wildman–Crippen MR) is 62.9 cm³/mol. The van der Waals surface area contributed by atoms with Gasteiger partial charge in [0.2, 0.25) is 10.0 Å². The quantitative estimate of drug-likeness (QED) is 0.681. The summed E-state index contributed by atoms with van der Waals surface area (Å²) in [5.74, 6) is -1.94. The molecule has 0 spiro atoms. The van der Waals surface area contributed by atoms with Crippen LogP contribution in [-0.4, -0.2) is 44.9 Å². The highest BCUT2D eigenvalue weighted by Gasteiger charge is 2.34. The van der Waals surface area contributed by atoms with E-state index in [1.165, 1.54) is 18.2 Å². The van der Waals surface area contributed by atoms with E-state index in [-0.39, 0.29) is 10.7 Å². The highest BCUT2D eigenvalue weighted by molar-refractivity contribution is 7.89. The zero-order chi connectivity index (χ0) is 14.2. The van der Waals surface area contributed by atoms with Gasteiger partial charge in [0.15, 0.2) is 5.76 Å². The number of furan rings is 1. The summed E-state index contributed by atoms with van der Waals surface area (Å²) >= 11 is 0.